The largest absolute Gasteiger partial charge is 0.527 e. The van der Waals surface area contributed by atoms with E-state index in [4.69, 9.17) is 53.2 Å². The summed E-state index contributed by atoms with van der Waals surface area (Å²) in [7, 11) is -17.4. The Kier molecular flexibility index (Phi) is 16.7. The number of fused-ring (bicyclic) bond motifs is 2. The molecule has 0 aliphatic carbocycles. The SMILES string of the molecule is COCC[C@H]1[C@@H](O)[C@H]([n+]2cn(C)c3c(=O)[nH]c(N)nc32)O[C@@H]1COP(=O)(O)CCP(=O)(O)OP(=O)(O)OC[C@H]1O[C@@H](n2cnc3c(N)ncnc32)[C@H](OC)[C@@H]1OP(=O)(O)O/C=C1\O[C@@H](n2ccc(=O)[nH]c2=O)[C@H](O)[C@@H]1O. The van der Waals surface area contributed by atoms with Crippen molar-refractivity contribution in [2.24, 2.45) is 13.0 Å². The highest BCUT2D eigenvalue weighted by molar-refractivity contribution is 7.64. The van der Waals surface area contributed by atoms with Crippen LogP contribution in [0.15, 0.2) is 57.7 Å². The zero-order chi connectivity index (χ0) is 55.2. The number of rotatable bonds is 22. The molecule has 3 saturated heterocycles. The van der Waals surface area contributed by atoms with Crippen molar-refractivity contribution in [2.75, 3.05) is 57.8 Å². The minimum absolute atomic E-state index is 0.0309. The van der Waals surface area contributed by atoms with Crippen molar-refractivity contribution in [1.82, 2.24) is 43.6 Å². The van der Waals surface area contributed by atoms with E-state index >= 15 is 0 Å². The molecule has 0 aromatic carbocycles. The Balaban J connectivity index is 0.930. The number of phosphoric ester groups is 2. The van der Waals surface area contributed by atoms with Crippen LogP contribution in [-0.2, 0) is 71.4 Å². The number of H-pyrrole nitrogens is 2. The molecule has 5 aromatic rings. The molecule has 418 valence electrons. The van der Waals surface area contributed by atoms with E-state index in [1.54, 1.807) is 0 Å². The Labute approximate surface area is 424 Å². The van der Waals surface area contributed by atoms with Crippen LogP contribution in [0.25, 0.3) is 22.3 Å². The number of imidazole rings is 2. The Bertz CT molecular complexity index is 3370. The molecule has 3 aliphatic rings. The van der Waals surface area contributed by atoms with Crippen molar-refractivity contribution in [3.05, 3.63) is 74.5 Å². The quantitative estimate of drug-likeness (QED) is 0.0187. The van der Waals surface area contributed by atoms with Gasteiger partial charge in [0.1, 0.15) is 54.7 Å². The van der Waals surface area contributed by atoms with Gasteiger partial charge in [0, 0.05) is 39.0 Å². The molecule has 0 amide bonds. The summed E-state index contributed by atoms with van der Waals surface area (Å²) in [6, 6.07) is 0.917. The van der Waals surface area contributed by atoms with Crippen molar-refractivity contribution in [3.63, 3.8) is 0 Å². The first-order chi connectivity index (χ1) is 35.7. The van der Waals surface area contributed by atoms with Gasteiger partial charge in [-0.15, -0.1) is 0 Å². The number of aromatic nitrogens is 10. The minimum atomic E-state index is -5.71. The standard InChI is InChI=1S/C36H50N12O24P4/c1-45-15-48(30-22(45)31(53)44-35(38)43-30)32-23(50)16(5-7-63-2)17(68-32)10-65-73(55,56)8-9-74(57,58)72-76(61,62)67-12-19-26(27(64-3)34(70-19)47-14-41-21-28(37)39-13-40-29(21)47)71-75(59,60)66-11-18-24(51)25(52)33(69-18)46-6-4-20(49)42-36(46)54/h4,6,11,13-17,19,23-27,32-34,50-52H,5,7-10,12H2,1-3H3,(H9-,37,38,39,40,42,43,44,49,53,54,55,56,57,58,59,60,61,62)/p+1/b18-11-/t16-,17-,19-,23-,24-,25-,26-,27-,32-,33-,34-/m1/s1. The van der Waals surface area contributed by atoms with E-state index < -0.39 is 146 Å². The Morgan fingerprint density at radius 1 is 0.868 bits per heavy atom. The number of nitrogen functional groups attached to an aromatic ring is 2. The van der Waals surface area contributed by atoms with Gasteiger partial charge in [-0.2, -0.15) is 0 Å². The van der Waals surface area contributed by atoms with Gasteiger partial charge >= 0.3 is 42.2 Å². The average Bonchev–Trinajstić information content (AvgIpc) is 4.17. The highest BCUT2D eigenvalue weighted by Crippen LogP contribution is 2.62. The summed E-state index contributed by atoms with van der Waals surface area (Å²) in [5.41, 5.74) is 9.52. The number of aliphatic hydroxyl groups excluding tert-OH is 3. The van der Waals surface area contributed by atoms with Crippen LogP contribution in [0.2, 0.25) is 0 Å². The number of hydrogen-bond donors (Lipinski definition) is 11. The smallest absolute Gasteiger partial charge is 0.465 e. The van der Waals surface area contributed by atoms with Crippen LogP contribution < -0.4 is 32.8 Å². The van der Waals surface area contributed by atoms with Crippen molar-refractivity contribution < 1.29 is 104 Å². The molecule has 13 N–H and O–H groups in total. The van der Waals surface area contributed by atoms with E-state index in [0.29, 0.717) is 10.8 Å². The number of phosphoric acid groups is 2. The van der Waals surface area contributed by atoms with Crippen LogP contribution in [0.3, 0.4) is 0 Å². The molecule has 5 aromatic heterocycles. The number of hydrogen-bond acceptors (Lipinski definition) is 26. The molecular weight excluding hydrogens is 1110 g/mol. The predicted octanol–water partition coefficient (Wildman–Crippen LogP) is -2.96. The molecule has 4 unspecified atom stereocenters. The maximum atomic E-state index is 13.6. The molecule has 8 rings (SSSR count). The van der Waals surface area contributed by atoms with Crippen LogP contribution in [-0.4, -0.2) is 168 Å². The summed E-state index contributed by atoms with van der Waals surface area (Å²) in [4.78, 5) is 100. The second kappa shape index (κ2) is 22.3. The first kappa shape index (κ1) is 57.0. The molecule has 8 heterocycles. The van der Waals surface area contributed by atoms with E-state index in [0.717, 1.165) is 32.0 Å². The van der Waals surface area contributed by atoms with E-state index in [1.165, 1.54) is 34.2 Å². The molecule has 3 aliphatic heterocycles. The summed E-state index contributed by atoms with van der Waals surface area (Å²) in [5.74, 6) is -1.80. The number of methoxy groups -OCH3 is 2. The number of aromatic amines is 2. The molecule has 0 spiro atoms. The molecule has 3 fully saturated rings. The summed E-state index contributed by atoms with van der Waals surface area (Å²) in [6.07, 6.45) is -13.1. The summed E-state index contributed by atoms with van der Waals surface area (Å²) in [5, 5.41) is 32.6. The van der Waals surface area contributed by atoms with Gasteiger partial charge in [-0.1, -0.05) is 4.98 Å². The van der Waals surface area contributed by atoms with Crippen LogP contribution in [0.4, 0.5) is 11.8 Å². The molecule has 40 heteroatoms. The van der Waals surface area contributed by atoms with E-state index in [9.17, 15) is 67.5 Å². The molecule has 0 radical (unpaired) electrons. The third-order valence-electron chi connectivity index (χ3n) is 12.0. The lowest BCUT2D eigenvalue weighted by Gasteiger charge is -2.25. The third-order valence-corrected chi connectivity index (χ3v) is 17.7. The fraction of sp³-hybridized carbons (Fsp3) is 0.556. The third kappa shape index (κ3) is 12.2. The van der Waals surface area contributed by atoms with Gasteiger partial charge < -0.3 is 74.2 Å². The zero-order valence-electron chi connectivity index (χ0n) is 39.6. The van der Waals surface area contributed by atoms with Gasteiger partial charge in [-0.3, -0.25) is 56.3 Å². The van der Waals surface area contributed by atoms with Crippen LogP contribution in [0.1, 0.15) is 25.1 Å². The topological polar surface area (TPSA) is 507 Å². The van der Waals surface area contributed by atoms with Crippen molar-refractivity contribution in [2.45, 2.75) is 67.8 Å². The normalized spacial score (nSPS) is 29.6. The monoisotopic (exact) mass is 1160 g/mol. The lowest BCUT2D eigenvalue weighted by atomic mass is 9.95. The van der Waals surface area contributed by atoms with Crippen LogP contribution in [0, 0.1) is 5.92 Å². The lowest BCUT2D eigenvalue weighted by molar-refractivity contribution is -0.745. The minimum Gasteiger partial charge on any atom is -0.465 e. The maximum absolute atomic E-state index is 13.6. The number of anilines is 2. The van der Waals surface area contributed by atoms with Crippen molar-refractivity contribution in [3.8, 4) is 0 Å². The van der Waals surface area contributed by atoms with Gasteiger partial charge in [0.15, 0.2) is 29.8 Å². The van der Waals surface area contributed by atoms with E-state index in [-0.39, 0.29) is 47.1 Å². The highest BCUT2D eigenvalue weighted by atomic mass is 31.3. The fourth-order valence-electron chi connectivity index (χ4n) is 8.50. The lowest BCUT2D eigenvalue weighted by Crippen LogP contribution is -2.45. The van der Waals surface area contributed by atoms with Gasteiger partial charge in [0.05, 0.1) is 45.0 Å². The summed E-state index contributed by atoms with van der Waals surface area (Å²) >= 11 is 0. The molecule has 76 heavy (non-hydrogen) atoms. The number of nitrogens with two attached hydrogens (primary N) is 2. The number of nitrogens with zero attached hydrogens (tertiary/aromatic N) is 8. The highest BCUT2D eigenvalue weighted by Gasteiger charge is 2.53. The fourth-order valence-corrected chi connectivity index (χ4v) is 14.0. The Morgan fingerprint density at radius 3 is 2.30 bits per heavy atom. The summed E-state index contributed by atoms with van der Waals surface area (Å²) < 4.78 is 111. The van der Waals surface area contributed by atoms with Gasteiger partial charge in [-0.25, -0.2) is 37.8 Å². The van der Waals surface area contributed by atoms with E-state index in [2.05, 4.69) is 29.2 Å². The predicted molar refractivity (Wildman–Crippen MR) is 250 cm³/mol. The molecule has 0 saturated carbocycles. The number of aliphatic hydroxyl groups is 3. The van der Waals surface area contributed by atoms with Crippen molar-refractivity contribution >= 4 is 64.9 Å². The summed E-state index contributed by atoms with van der Waals surface area (Å²) in [6.45, 7) is -1.74. The maximum Gasteiger partial charge on any atom is 0.527 e. The number of aryl methyl sites for hydroxylation is 1. The van der Waals surface area contributed by atoms with Crippen LogP contribution in [0.5, 0.6) is 0 Å². The second-order valence-electron chi connectivity index (χ2n) is 17.1. The molecular formula is C36H51N12O24P4+. The van der Waals surface area contributed by atoms with Crippen LogP contribution >= 0.6 is 30.8 Å². The first-order valence-corrected chi connectivity index (χ1v) is 28.6. The van der Waals surface area contributed by atoms with E-state index in [1.807, 2.05) is 4.98 Å². The molecule has 36 nitrogen and oxygen atoms in total. The molecule has 15 atom stereocenters. The Morgan fingerprint density at radius 2 is 1.59 bits per heavy atom. The number of nitrogens with one attached hydrogen (secondary N) is 2. The van der Waals surface area contributed by atoms with Gasteiger partial charge in [0.25, 0.3) is 17.1 Å². The average molecular weight is 1160 g/mol. The molecule has 0 bridgehead atoms. The number of ether oxygens (including phenoxy) is 5. The van der Waals surface area contributed by atoms with Gasteiger partial charge in [-0.05, 0) is 6.42 Å². The first-order valence-electron chi connectivity index (χ1n) is 22.1. The second-order valence-corrected chi connectivity index (χ2v) is 24.0. The van der Waals surface area contributed by atoms with Gasteiger partial charge in [0.2, 0.25) is 18.0 Å². The van der Waals surface area contributed by atoms with Crippen molar-refractivity contribution in [1.29, 1.82) is 0 Å². The zero-order valence-corrected chi connectivity index (χ0v) is 43.2. The Hall–Kier alpha value is -5.16.